The van der Waals surface area contributed by atoms with Gasteiger partial charge < -0.3 is 5.32 Å². The molecule has 31 heavy (non-hydrogen) atoms. The first-order valence-corrected chi connectivity index (χ1v) is 10.7. The first kappa shape index (κ1) is 20.7. The molecule has 0 aliphatic rings. The number of hydrogen-bond acceptors (Lipinski definition) is 7. The normalized spacial score (nSPS) is 10.8. The van der Waals surface area contributed by atoms with Crippen LogP contribution in [-0.4, -0.2) is 35.9 Å². The van der Waals surface area contributed by atoms with Gasteiger partial charge in [-0.15, -0.1) is 5.10 Å². The molecule has 3 aromatic heterocycles. The maximum atomic E-state index is 12.9. The molecular formula is C22H21N7OS. The molecule has 4 aromatic rings. The fourth-order valence-corrected chi connectivity index (χ4v) is 3.99. The summed E-state index contributed by atoms with van der Waals surface area (Å²) in [5.41, 5.74) is 4.51. The van der Waals surface area contributed by atoms with Crippen LogP contribution in [0.25, 0.3) is 5.69 Å². The van der Waals surface area contributed by atoms with Crippen molar-refractivity contribution in [2.75, 3.05) is 0 Å². The lowest BCUT2D eigenvalue weighted by Gasteiger charge is -2.09. The third-order valence-electron chi connectivity index (χ3n) is 4.45. The molecule has 1 amide bonds. The number of nitrogens with one attached hydrogen (secondary N) is 1. The van der Waals surface area contributed by atoms with Gasteiger partial charge in [-0.25, -0.2) is 14.6 Å². The second-order valence-corrected chi connectivity index (χ2v) is 7.84. The van der Waals surface area contributed by atoms with E-state index in [4.69, 9.17) is 0 Å². The number of thioether (sulfide) groups is 1. The van der Waals surface area contributed by atoms with Gasteiger partial charge in [0, 0.05) is 36.1 Å². The van der Waals surface area contributed by atoms with Crippen molar-refractivity contribution in [3.05, 3.63) is 89.3 Å². The van der Waals surface area contributed by atoms with Crippen molar-refractivity contribution in [1.29, 1.82) is 0 Å². The lowest BCUT2D eigenvalue weighted by molar-refractivity contribution is 0.0945. The number of hydrogen-bond donors (Lipinski definition) is 1. The first-order chi connectivity index (χ1) is 15.1. The zero-order valence-electron chi connectivity index (χ0n) is 17.2. The van der Waals surface area contributed by atoms with Crippen molar-refractivity contribution in [2.45, 2.75) is 31.3 Å². The Labute approximate surface area is 184 Å². The molecule has 0 aliphatic carbocycles. The van der Waals surface area contributed by atoms with Gasteiger partial charge in [-0.05, 0) is 43.7 Å². The molecule has 3 heterocycles. The summed E-state index contributed by atoms with van der Waals surface area (Å²) in [6, 6.07) is 15.3. The number of aryl methyl sites for hydroxylation is 2. The van der Waals surface area contributed by atoms with E-state index in [1.54, 1.807) is 17.1 Å². The third-order valence-corrected chi connectivity index (χ3v) is 5.31. The number of nitrogens with zero attached hydrogens (tertiary/aromatic N) is 6. The minimum atomic E-state index is -0.289. The van der Waals surface area contributed by atoms with E-state index in [2.05, 4.69) is 30.6 Å². The molecule has 0 bridgehead atoms. The van der Waals surface area contributed by atoms with Crippen LogP contribution < -0.4 is 5.32 Å². The van der Waals surface area contributed by atoms with Gasteiger partial charge in [0.1, 0.15) is 0 Å². The molecule has 0 atom stereocenters. The van der Waals surface area contributed by atoms with Gasteiger partial charge in [0.25, 0.3) is 5.91 Å². The number of aromatic nitrogens is 6. The molecule has 1 N–H and O–H groups in total. The van der Waals surface area contributed by atoms with Crippen LogP contribution in [-0.2, 0) is 12.3 Å². The summed E-state index contributed by atoms with van der Waals surface area (Å²) in [5, 5.41) is 12.0. The van der Waals surface area contributed by atoms with Crippen molar-refractivity contribution < 1.29 is 4.79 Å². The quantitative estimate of drug-likeness (QED) is 0.354. The molecule has 0 saturated carbocycles. The van der Waals surface area contributed by atoms with E-state index < -0.39 is 0 Å². The van der Waals surface area contributed by atoms with Crippen molar-refractivity contribution in [1.82, 2.24) is 35.3 Å². The maximum absolute atomic E-state index is 12.9. The topological polar surface area (TPSA) is 98.5 Å². The highest BCUT2D eigenvalue weighted by molar-refractivity contribution is 7.98. The van der Waals surface area contributed by atoms with Crippen molar-refractivity contribution >= 4 is 17.7 Å². The Kier molecular flexibility index (Phi) is 6.32. The fourth-order valence-electron chi connectivity index (χ4n) is 3.04. The van der Waals surface area contributed by atoms with Gasteiger partial charge in [-0.1, -0.05) is 41.2 Å². The molecule has 0 unspecified atom stereocenters. The highest BCUT2D eigenvalue weighted by Crippen LogP contribution is 2.23. The number of amides is 1. The van der Waals surface area contributed by atoms with Gasteiger partial charge in [0.05, 0.1) is 11.4 Å². The van der Waals surface area contributed by atoms with Crippen LogP contribution in [0.2, 0.25) is 0 Å². The highest BCUT2D eigenvalue weighted by atomic mass is 32.2. The molecule has 4 rings (SSSR count). The standard InChI is InChI=1S/C22H21N7OS/c1-15-11-16(2)26-22(25-15)31-14-19-20(21(30)24-13-17-7-6-10-23-12-17)27-28-29(19)18-8-4-3-5-9-18/h3-12H,13-14H2,1-2H3,(H,24,30). The second-order valence-electron chi connectivity index (χ2n) is 6.90. The van der Waals surface area contributed by atoms with Crippen LogP contribution in [0, 0.1) is 13.8 Å². The van der Waals surface area contributed by atoms with E-state index in [0.29, 0.717) is 23.1 Å². The molecule has 8 nitrogen and oxygen atoms in total. The molecule has 156 valence electrons. The number of carbonyl (C=O) groups is 1. The van der Waals surface area contributed by atoms with Gasteiger partial charge in [-0.3, -0.25) is 9.78 Å². The molecule has 0 spiro atoms. The summed E-state index contributed by atoms with van der Waals surface area (Å²) >= 11 is 1.45. The molecule has 0 fully saturated rings. The van der Waals surface area contributed by atoms with Crippen LogP contribution in [0.5, 0.6) is 0 Å². The second kappa shape index (κ2) is 9.48. The van der Waals surface area contributed by atoms with Crippen LogP contribution in [0.1, 0.15) is 33.1 Å². The summed E-state index contributed by atoms with van der Waals surface area (Å²) in [5.74, 6) is 0.156. The lowest BCUT2D eigenvalue weighted by atomic mass is 10.2. The molecule has 9 heteroatoms. The van der Waals surface area contributed by atoms with Crippen LogP contribution in [0.3, 0.4) is 0 Å². The smallest absolute Gasteiger partial charge is 0.274 e. The van der Waals surface area contributed by atoms with E-state index in [-0.39, 0.29) is 11.6 Å². The number of rotatable bonds is 7. The highest BCUT2D eigenvalue weighted by Gasteiger charge is 2.21. The first-order valence-electron chi connectivity index (χ1n) is 9.72. The van der Waals surface area contributed by atoms with Crippen molar-refractivity contribution in [3.8, 4) is 5.69 Å². The van der Waals surface area contributed by atoms with Gasteiger partial charge in [-0.2, -0.15) is 0 Å². The average molecular weight is 432 g/mol. The number of para-hydroxylation sites is 1. The van der Waals surface area contributed by atoms with E-state index in [9.17, 15) is 4.79 Å². The van der Waals surface area contributed by atoms with E-state index in [1.807, 2.05) is 62.4 Å². The SMILES string of the molecule is Cc1cc(C)nc(SCc2c(C(=O)NCc3cccnc3)nnn2-c2ccccc2)n1. The Hall–Kier alpha value is -3.59. The van der Waals surface area contributed by atoms with Crippen LogP contribution >= 0.6 is 11.8 Å². The number of carbonyl (C=O) groups excluding carboxylic acids is 1. The molecule has 0 saturated heterocycles. The van der Waals surface area contributed by atoms with Gasteiger partial charge in [0.15, 0.2) is 10.9 Å². The predicted octanol–water partition coefficient (Wildman–Crippen LogP) is 3.29. The Morgan fingerprint density at radius 3 is 2.55 bits per heavy atom. The minimum absolute atomic E-state index is 0.282. The summed E-state index contributed by atoms with van der Waals surface area (Å²) in [6.45, 7) is 4.23. The van der Waals surface area contributed by atoms with Gasteiger partial charge in [0.2, 0.25) is 0 Å². The fraction of sp³-hybridized carbons (Fsp3) is 0.182. The van der Waals surface area contributed by atoms with E-state index in [1.165, 1.54) is 11.8 Å². The molecule has 1 aromatic carbocycles. The van der Waals surface area contributed by atoms with E-state index in [0.717, 1.165) is 22.6 Å². The molecule has 0 aliphatic heterocycles. The van der Waals surface area contributed by atoms with Gasteiger partial charge >= 0.3 is 0 Å². The maximum Gasteiger partial charge on any atom is 0.274 e. The Morgan fingerprint density at radius 2 is 1.84 bits per heavy atom. The Bertz CT molecular complexity index is 1160. The summed E-state index contributed by atoms with van der Waals surface area (Å²) in [7, 11) is 0. The lowest BCUT2D eigenvalue weighted by Crippen LogP contribution is -2.24. The van der Waals surface area contributed by atoms with Crippen LogP contribution in [0.4, 0.5) is 0 Å². The van der Waals surface area contributed by atoms with Crippen LogP contribution in [0.15, 0.2) is 66.1 Å². The largest absolute Gasteiger partial charge is 0.346 e. The number of pyridine rings is 1. The summed E-state index contributed by atoms with van der Waals surface area (Å²) < 4.78 is 1.69. The monoisotopic (exact) mass is 431 g/mol. The summed E-state index contributed by atoms with van der Waals surface area (Å²) in [6.07, 6.45) is 3.41. The number of benzene rings is 1. The van der Waals surface area contributed by atoms with Crippen molar-refractivity contribution in [2.24, 2.45) is 0 Å². The molecular weight excluding hydrogens is 410 g/mol. The molecule has 0 radical (unpaired) electrons. The zero-order chi connectivity index (χ0) is 21.6. The summed E-state index contributed by atoms with van der Waals surface area (Å²) in [4.78, 5) is 25.9. The predicted molar refractivity (Wildman–Crippen MR) is 118 cm³/mol. The van der Waals surface area contributed by atoms with Crippen molar-refractivity contribution in [3.63, 3.8) is 0 Å². The Balaban J connectivity index is 1.60. The Morgan fingerprint density at radius 1 is 1.06 bits per heavy atom. The average Bonchev–Trinajstić information content (AvgIpc) is 3.21. The minimum Gasteiger partial charge on any atom is -0.346 e. The van der Waals surface area contributed by atoms with E-state index >= 15 is 0 Å². The zero-order valence-corrected chi connectivity index (χ0v) is 18.0. The third kappa shape index (κ3) is 5.13.